The van der Waals surface area contributed by atoms with Crippen molar-refractivity contribution in [1.29, 1.82) is 0 Å². The number of allylic oxidation sites excluding steroid dienone is 11. The van der Waals surface area contributed by atoms with Crippen LogP contribution in [0.2, 0.25) is 0 Å². The first-order chi connectivity index (χ1) is 35.5. The number of amides is 1. The summed E-state index contributed by atoms with van der Waals surface area (Å²) in [6, 6.07) is 0. The number of methoxy groups -OCH3 is 1. The highest BCUT2D eigenvalue weighted by molar-refractivity contribution is 6.31. The average molecular weight is 1010 g/mol. The first kappa shape index (κ1) is 59.3. The highest BCUT2D eigenvalue weighted by Crippen LogP contribution is 2.43. The first-order valence-electron chi connectivity index (χ1n) is 28.2. The summed E-state index contributed by atoms with van der Waals surface area (Å²) in [7, 11) is 1.37. The number of carbonyl (C=O) groups excluding carboxylic acids is 3. The fraction of sp³-hybridized carbons (Fsp3) is 0.587. The van der Waals surface area contributed by atoms with Crippen molar-refractivity contribution in [3.63, 3.8) is 0 Å². The van der Waals surface area contributed by atoms with Crippen molar-refractivity contribution < 1.29 is 29.0 Å². The summed E-state index contributed by atoms with van der Waals surface area (Å²) in [6.45, 7) is 29.3. The number of nitrogens with one attached hydrogen (secondary N) is 1. The fourth-order valence-corrected chi connectivity index (χ4v) is 10.8. The zero-order valence-electron chi connectivity index (χ0n) is 47.5. The Morgan fingerprint density at radius 3 is 2.08 bits per heavy atom. The standard InChI is InChI=1S/C63H91N5O6/c1-14-18-32-68(33-19-15-2)63(72)60-46(12)54-37-56-48(17-4)51(39-69)57(65-56)38-55-47(16-3)44(10)52(64-55)36-53-45(11)49(61(66-53)50(62(60)67-54)35-59(71)73-13)29-30-58(70)74-34-31-43(9)28-22-27-42(8)26-21-25-41(7)24-20-23-40(5)6/h16,31,36-42,45,49,66,69H,3,14-15,17-30,32-35H2,1-2,4-13H3/b43-31+,51-39-,53-36?,54-37?,55-38?,61-50?. The number of aliphatic imine (C=N–C) groups is 3. The molecular weight excluding hydrogens is 923 g/mol. The van der Waals surface area contributed by atoms with Crippen molar-refractivity contribution in [2.45, 2.75) is 185 Å². The lowest BCUT2D eigenvalue weighted by molar-refractivity contribution is -0.143. The Bertz CT molecular complexity index is 2470. The molecule has 8 bridgehead atoms. The smallest absolute Gasteiger partial charge is 0.310 e. The van der Waals surface area contributed by atoms with Gasteiger partial charge in [-0.1, -0.05) is 131 Å². The summed E-state index contributed by atoms with van der Waals surface area (Å²) in [6.07, 6.45) is 26.4. The number of fused-ring (bicyclic) bond motifs is 5. The van der Waals surface area contributed by atoms with Crippen LogP contribution in [-0.2, 0) is 23.9 Å². The van der Waals surface area contributed by atoms with Crippen molar-refractivity contribution in [1.82, 2.24) is 10.2 Å². The van der Waals surface area contributed by atoms with Crippen LogP contribution in [0.15, 0.2) is 131 Å². The number of carbonyl (C=O) groups is 3. The Kier molecular flexibility index (Phi) is 23.2. The molecule has 0 spiro atoms. The van der Waals surface area contributed by atoms with E-state index in [0.717, 1.165) is 84.8 Å². The Morgan fingerprint density at radius 2 is 1.47 bits per heavy atom. The van der Waals surface area contributed by atoms with Gasteiger partial charge >= 0.3 is 11.9 Å². The zero-order valence-corrected chi connectivity index (χ0v) is 47.5. The maximum absolute atomic E-state index is 15.2. The average Bonchev–Trinajstić information content (AvgIpc) is 4.07. The molecule has 1 amide bonds. The predicted molar refractivity (Wildman–Crippen MR) is 305 cm³/mol. The van der Waals surface area contributed by atoms with Gasteiger partial charge in [0, 0.05) is 59.5 Å². The van der Waals surface area contributed by atoms with Gasteiger partial charge in [0.15, 0.2) is 0 Å². The molecule has 1 fully saturated rings. The number of ether oxygens (including phenoxy) is 2. The van der Waals surface area contributed by atoms with Gasteiger partial charge in [0.05, 0.1) is 59.6 Å². The molecular formula is C63H91N5O6. The summed E-state index contributed by atoms with van der Waals surface area (Å²) in [5.74, 6) is 0.897. The maximum Gasteiger partial charge on any atom is 0.310 e. The summed E-state index contributed by atoms with van der Waals surface area (Å²) >= 11 is 0. The third-order valence-electron chi connectivity index (χ3n) is 15.7. The predicted octanol–water partition coefficient (Wildman–Crippen LogP) is 14.8. The van der Waals surface area contributed by atoms with Gasteiger partial charge in [-0.25, -0.2) is 15.0 Å². The van der Waals surface area contributed by atoms with Gasteiger partial charge in [-0.05, 0) is 118 Å². The summed E-state index contributed by atoms with van der Waals surface area (Å²) in [5.41, 5.74) is 11.1. The van der Waals surface area contributed by atoms with Gasteiger partial charge in [0.2, 0.25) is 0 Å². The minimum atomic E-state index is -0.484. The van der Waals surface area contributed by atoms with Crippen molar-refractivity contribution in [2.75, 3.05) is 26.8 Å². The highest BCUT2D eigenvalue weighted by atomic mass is 16.5. The number of hydrogen-bond donors (Lipinski definition) is 2. The van der Waals surface area contributed by atoms with E-state index < -0.39 is 5.97 Å². The number of unbranched alkanes of at least 4 members (excludes halogenated alkanes) is 2. The number of aliphatic hydroxyl groups is 1. The molecule has 0 aromatic rings. The van der Waals surface area contributed by atoms with Crippen LogP contribution in [0.25, 0.3) is 0 Å². The van der Waals surface area contributed by atoms with Crippen molar-refractivity contribution in [3.8, 4) is 0 Å². The molecule has 5 heterocycles. The molecule has 4 atom stereocenters. The molecule has 74 heavy (non-hydrogen) atoms. The minimum absolute atomic E-state index is 0.141. The van der Waals surface area contributed by atoms with Crippen molar-refractivity contribution >= 4 is 35.0 Å². The molecule has 5 aliphatic rings. The van der Waals surface area contributed by atoms with Crippen molar-refractivity contribution in [2.24, 2.45) is 44.6 Å². The van der Waals surface area contributed by atoms with Crippen LogP contribution in [0, 0.1) is 29.6 Å². The third kappa shape index (κ3) is 15.5. The number of esters is 2. The van der Waals surface area contributed by atoms with Crippen LogP contribution in [0.3, 0.4) is 0 Å². The number of nitrogens with zero attached hydrogens (tertiary/aromatic N) is 4. The van der Waals surface area contributed by atoms with Crippen LogP contribution < -0.4 is 5.32 Å². The molecule has 0 aromatic heterocycles. The Hall–Kier alpha value is -5.58. The molecule has 4 unspecified atom stereocenters. The molecule has 11 heteroatoms. The normalized spacial score (nSPS) is 20.1. The van der Waals surface area contributed by atoms with Gasteiger partial charge in [-0.3, -0.25) is 14.4 Å². The van der Waals surface area contributed by atoms with Gasteiger partial charge < -0.3 is 24.8 Å². The van der Waals surface area contributed by atoms with Gasteiger partial charge in [-0.15, -0.1) is 0 Å². The molecule has 2 N–H and O–H groups in total. The molecule has 1 saturated heterocycles. The van der Waals surface area contributed by atoms with E-state index in [1.165, 1.54) is 57.6 Å². The highest BCUT2D eigenvalue weighted by Gasteiger charge is 2.41. The van der Waals surface area contributed by atoms with E-state index in [0.29, 0.717) is 88.4 Å². The largest absolute Gasteiger partial charge is 0.515 e. The van der Waals surface area contributed by atoms with Gasteiger partial charge in [0.1, 0.15) is 6.61 Å². The Balaban J connectivity index is 1.49. The zero-order chi connectivity index (χ0) is 54.1. The maximum atomic E-state index is 15.2. The first-order valence-corrected chi connectivity index (χ1v) is 28.2. The second-order valence-corrected chi connectivity index (χ2v) is 21.9. The second kappa shape index (κ2) is 28.9. The van der Waals surface area contributed by atoms with E-state index in [2.05, 4.69) is 67.3 Å². The third-order valence-corrected chi connectivity index (χ3v) is 15.7. The molecule has 0 saturated carbocycles. The van der Waals surface area contributed by atoms with Crippen LogP contribution in [-0.4, -0.2) is 71.8 Å². The SMILES string of the molecule is C=CC1=C(C)C2=NC1=CC1=NC(=C(CC)/C1=C/O)C=C1N=C(C(CC(=O)OC)=C3NC(=C2)C(C)C3CCC(=O)OC/C=C(\C)CCCC(C)CCCC(C)CCCC(C)C)C(C(=O)N(CCCC)CCCC)=C1C. The van der Waals surface area contributed by atoms with Gasteiger partial charge in [-0.2, -0.15) is 0 Å². The summed E-state index contributed by atoms with van der Waals surface area (Å²) in [5, 5.41) is 14.4. The van der Waals surface area contributed by atoms with Crippen LogP contribution in [0.5, 0.6) is 0 Å². The van der Waals surface area contributed by atoms with E-state index in [1.54, 1.807) is 6.08 Å². The topological polar surface area (TPSA) is 142 Å². The number of hydrogen-bond acceptors (Lipinski definition) is 10. The van der Waals surface area contributed by atoms with Crippen LogP contribution in [0.1, 0.15) is 185 Å². The number of rotatable bonds is 28. The molecule has 0 radical (unpaired) electrons. The summed E-state index contributed by atoms with van der Waals surface area (Å²) in [4.78, 5) is 60.0. The second-order valence-electron chi connectivity index (χ2n) is 21.9. The molecule has 0 aromatic carbocycles. The van der Waals surface area contributed by atoms with Crippen molar-refractivity contribution in [3.05, 3.63) is 116 Å². The Labute approximate surface area is 445 Å². The lowest BCUT2D eigenvalue weighted by atomic mass is 9.84. The van der Waals surface area contributed by atoms with E-state index in [-0.39, 0.29) is 43.2 Å². The molecule has 0 aliphatic carbocycles. The van der Waals surface area contributed by atoms with Crippen LogP contribution >= 0.6 is 0 Å². The molecule has 11 nitrogen and oxygen atoms in total. The molecule has 5 aliphatic heterocycles. The van der Waals surface area contributed by atoms with E-state index in [9.17, 15) is 14.7 Å². The van der Waals surface area contributed by atoms with Gasteiger partial charge in [0.25, 0.3) is 5.91 Å². The quantitative estimate of drug-likeness (QED) is 0.0451. The fourth-order valence-electron chi connectivity index (χ4n) is 10.8. The van der Waals surface area contributed by atoms with E-state index in [4.69, 9.17) is 24.5 Å². The van der Waals surface area contributed by atoms with E-state index >= 15 is 4.79 Å². The Morgan fingerprint density at radius 1 is 0.811 bits per heavy atom. The number of aliphatic hydroxyl groups excluding tert-OH is 1. The lowest BCUT2D eigenvalue weighted by Gasteiger charge is -2.25. The minimum Gasteiger partial charge on any atom is -0.515 e. The van der Waals surface area contributed by atoms with E-state index in [1.807, 2.05) is 50.0 Å². The molecule has 5 rings (SSSR count). The lowest BCUT2D eigenvalue weighted by Crippen LogP contribution is -2.36. The van der Waals surface area contributed by atoms with Crippen LogP contribution in [0.4, 0.5) is 0 Å². The monoisotopic (exact) mass is 1010 g/mol. The molecule has 404 valence electrons. The summed E-state index contributed by atoms with van der Waals surface area (Å²) < 4.78 is 11.3.